The lowest BCUT2D eigenvalue weighted by molar-refractivity contribution is 0.554. The van der Waals surface area contributed by atoms with Crippen LogP contribution >= 0.6 is 0 Å². The van der Waals surface area contributed by atoms with E-state index in [1.807, 2.05) is 0 Å². The molecule has 3 nitrogen and oxygen atoms in total. The maximum atomic E-state index is 5.30. The van der Waals surface area contributed by atoms with E-state index in [-0.39, 0.29) is 10.8 Å². The van der Waals surface area contributed by atoms with Crippen molar-refractivity contribution in [2.45, 2.75) is 136 Å². The second-order valence-corrected chi connectivity index (χ2v) is 16.6. The van der Waals surface area contributed by atoms with E-state index in [0.29, 0.717) is 0 Å². The number of hydrogen-bond donors (Lipinski definition) is 1. The molecule has 2 heterocycles. The first-order chi connectivity index (χ1) is 25.1. The zero-order chi connectivity index (χ0) is 36.7. The van der Waals surface area contributed by atoms with Crippen LogP contribution in [0.2, 0.25) is 0 Å². The number of anilines is 2. The van der Waals surface area contributed by atoms with Crippen LogP contribution in [-0.4, -0.2) is 12.3 Å². The first-order valence-corrected chi connectivity index (χ1v) is 20.3. The molecule has 0 aromatic heterocycles. The van der Waals surface area contributed by atoms with Crippen molar-refractivity contribution in [3.05, 3.63) is 136 Å². The largest absolute Gasteiger partial charge is 0.358 e. The summed E-state index contributed by atoms with van der Waals surface area (Å²) in [5, 5.41) is 3.73. The van der Waals surface area contributed by atoms with E-state index in [2.05, 4.69) is 150 Å². The molecule has 0 radical (unpaired) electrons. The fourth-order valence-corrected chi connectivity index (χ4v) is 8.44. The van der Waals surface area contributed by atoms with E-state index in [1.165, 1.54) is 120 Å². The predicted octanol–water partition coefficient (Wildman–Crippen LogP) is 13.9. The van der Waals surface area contributed by atoms with Gasteiger partial charge >= 0.3 is 0 Å². The molecule has 6 rings (SSSR count). The highest BCUT2D eigenvalue weighted by Gasteiger charge is 2.40. The molecule has 52 heavy (non-hydrogen) atoms. The zero-order valence-corrected chi connectivity index (χ0v) is 33.2. The van der Waals surface area contributed by atoms with E-state index in [9.17, 15) is 0 Å². The predicted molar refractivity (Wildman–Crippen MR) is 226 cm³/mol. The maximum Gasteiger partial charge on any atom is 0.0701 e. The molecule has 3 heteroatoms. The summed E-state index contributed by atoms with van der Waals surface area (Å²) in [4.78, 5) is 7.93. The molecular weight excluding hydrogens is 631 g/mol. The molecule has 2 aliphatic heterocycles. The highest BCUT2D eigenvalue weighted by molar-refractivity contribution is 6.16. The molecule has 0 saturated heterocycles. The molecular formula is C49H63N3. The lowest BCUT2D eigenvalue weighted by Gasteiger charge is -2.27. The Kier molecular flexibility index (Phi) is 12.1. The summed E-state index contributed by atoms with van der Waals surface area (Å²) in [7, 11) is 0. The van der Waals surface area contributed by atoms with Crippen molar-refractivity contribution < 1.29 is 0 Å². The average molecular weight is 694 g/mol. The summed E-state index contributed by atoms with van der Waals surface area (Å²) < 4.78 is 0. The lowest BCUT2D eigenvalue weighted by atomic mass is 9.83. The Morgan fingerprint density at radius 2 is 1.25 bits per heavy atom. The maximum absolute atomic E-state index is 5.30. The molecule has 3 aromatic rings. The fraction of sp³-hybridized carbons (Fsp3) is 0.449. The third-order valence-electron chi connectivity index (χ3n) is 11.7. The number of aryl methyl sites for hydroxylation is 2. The first-order valence-electron chi connectivity index (χ1n) is 20.3. The first kappa shape index (κ1) is 37.6. The van der Waals surface area contributed by atoms with Crippen molar-refractivity contribution in [3.8, 4) is 0 Å². The van der Waals surface area contributed by atoms with Crippen molar-refractivity contribution >= 4 is 22.8 Å². The van der Waals surface area contributed by atoms with Crippen LogP contribution in [0.3, 0.4) is 0 Å². The molecule has 0 atom stereocenters. The van der Waals surface area contributed by atoms with Gasteiger partial charge in [-0.15, -0.1) is 0 Å². The monoisotopic (exact) mass is 694 g/mol. The van der Waals surface area contributed by atoms with Gasteiger partial charge in [-0.05, 0) is 91.8 Å². The second-order valence-electron chi connectivity index (χ2n) is 16.6. The third-order valence-corrected chi connectivity index (χ3v) is 11.7. The van der Waals surface area contributed by atoms with Crippen LogP contribution in [-0.2, 0) is 10.8 Å². The molecule has 3 aromatic carbocycles. The molecule has 0 spiro atoms. The molecule has 0 unspecified atom stereocenters. The van der Waals surface area contributed by atoms with Crippen molar-refractivity contribution in [2.75, 3.05) is 16.8 Å². The Labute approximate surface area is 315 Å². The number of unbranched alkanes of at least 4 members (excludes halogenated alkanes) is 9. The number of para-hydroxylation sites is 1. The third kappa shape index (κ3) is 8.41. The minimum absolute atomic E-state index is 0.0670. The van der Waals surface area contributed by atoms with E-state index in [1.54, 1.807) is 0 Å². The van der Waals surface area contributed by atoms with Crippen LogP contribution in [0.4, 0.5) is 17.1 Å². The van der Waals surface area contributed by atoms with E-state index >= 15 is 0 Å². The summed E-state index contributed by atoms with van der Waals surface area (Å²) in [5.74, 6) is 0. The Morgan fingerprint density at radius 3 is 1.92 bits per heavy atom. The van der Waals surface area contributed by atoms with Gasteiger partial charge in [0.1, 0.15) is 0 Å². The average Bonchev–Trinajstić information content (AvgIpc) is 3.69. The van der Waals surface area contributed by atoms with Crippen molar-refractivity contribution in [3.63, 3.8) is 0 Å². The molecule has 0 amide bonds. The van der Waals surface area contributed by atoms with Gasteiger partial charge in [0.15, 0.2) is 0 Å². The van der Waals surface area contributed by atoms with Crippen molar-refractivity contribution in [1.82, 2.24) is 0 Å². The molecule has 0 bridgehead atoms. The summed E-state index contributed by atoms with van der Waals surface area (Å²) in [6.45, 7) is 17.2. The molecule has 1 fully saturated rings. The van der Waals surface area contributed by atoms with Gasteiger partial charge in [-0.2, -0.15) is 0 Å². The number of allylic oxidation sites excluding steroid dienone is 8. The summed E-state index contributed by atoms with van der Waals surface area (Å²) in [6.07, 6.45) is 25.0. The van der Waals surface area contributed by atoms with Gasteiger partial charge < -0.3 is 10.2 Å². The van der Waals surface area contributed by atoms with E-state index < -0.39 is 0 Å². The van der Waals surface area contributed by atoms with Crippen LogP contribution in [0, 0.1) is 13.8 Å². The minimum Gasteiger partial charge on any atom is -0.358 e. The smallest absolute Gasteiger partial charge is 0.0701 e. The molecule has 3 aliphatic rings. The van der Waals surface area contributed by atoms with Crippen molar-refractivity contribution in [1.29, 1.82) is 0 Å². The van der Waals surface area contributed by atoms with Crippen molar-refractivity contribution in [2.24, 2.45) is 4.99 Å². The molecule has 1 saturated carbocycles. The topological polar surface area (TPSA) is 27.6 Å². The molecule has 1 N–H and O–H groups in total. The van der Waals surface area contributed by atoms with Gasteiger partial charge in [-0.3, -0.25) is 0 Å². The number of nitrogens with one attached hydrogen (secondary N) is 1. The number of aliphatic imine (C=N–C) groups is 1. The SMILES string of the molecule is CCCCCCCCCCCCN1/C(=C/C=C2\CCC(=CC=C3Nc4ccc(C)cc4C3(C)C)C2=Nc2ccccc2)C(C)(C)c2cc(C)ccc21. The van der Waals surface area contributed by atoms with Gasteiger partial charge in [0.25, 0.3) is 0 Å². The van der Waals surface area contributed by atoms with Gasteiger partial charge in [-0.1, -0.05) is 158 Å². The van der Waals surface area contributed by atoms with Gasteiger partial charge in [-0.25, -0.2) is 4.99 Å². The summed E-state index contributed by atoms with van der Waals surface area (Å²) in [5.41, 5.74) is 15.3. The Bertz CT molecular complexity index is 1860. The summed E-state index contributed by atoms with van der Waals surface area (Å²) >= 11 is 0. The Balaban J connectivity index is 1.25. The van der Waals surface area contributed by atoms with Crippen LogP contribution in [0.15, 0.2) is 119 Å². The Morgan fingerprint density at radius 1 is 0.654 bits per heavy atom. The van der Waals surface area contributed by atoms with Gasteiger partial charge in [0.2, 0.25) is 0 Å². The highest BCUT2D eigenvalue weighted by atomic mass is 15.2. The Hall–Kier alpha value is -4.11. The van der Waals surface area contributed by atoms with Crippen LogP contribution in [0.1, 0.15) is 134 Å². The van der Waals surface area contributed by atoms with Crippen LogP contribution in [0.5, 0.6) is 0 Å². The second kappa shape index (κ2) is 16.7. The molecule has 1 aliphatic carbocycles. The lowest BCUT2D eigenvalue weighted by Crippen LogP contribution is -2.27. The van der Waals surface area contributed by atoms with Gasteiger partial charge in [0.05, 0.1) is 11.4 Å². The van der Waals surface area contributed by atoms with E-state index in [4.69, 9.17) is 4.99 Å². The quantitative estimate of drug-likeness (QED) is 0.170. The minimum atomic E-state index is -0.0735. The fourth-order valence-electron chi connectivity index (χ4n) is 8.44. The standard InChI is InChI=1S/C49H63N3/c1-8-9-10-11-12-13-14-15-16-20-33-52-44-30-24-37(3)35-42(44)49(6,7)46(52)32-28-39-26-25-38(47(39)50-40-21-18-17-19-22-40)27-31-45-48(4,5)41-34-36(2)23-29-43(41)51-45/h17-19,21-24,27-32,34-35,51H,8-16,20,25-26,33H2,1-7H3/b38-27?,39-28+,45-31?,46-32+,50-47?. The van der Waals surface area contributed by atoms with Crippen LogP contribution in [0.25, 0.3) is 0 Å². The van der Waals surface area contributed by atoms with Gasteiger partial charge in [0, 0.05) is 40.1 Å². The normalized spacial score (nSPS) is 21.1. The number of hydrogen-bond acceptors (Lipinski definition) is 3. The number of fused-ring (bicyclic) bond motifs is 2. The summed E-state index contributed by atoms with van der Waals surface area (Å²) in [6, 6.07) is 24.3. The number of nitrogens with zero attached hydrogens (tertiary/aromatic N) is 2. The highest BCUT2D eigenvalue weighted by Crippen LogP contribution is 2.49. The molecule has 274 valence electrons. The van der Waals surface area contributed by atoms with E-state index in [0.717, 1.165) is 30.8 Å². The van der Waals surface area contributed by atoms with Crippen LogP contribution < -0.4 is 10.2 Å². The number of rotatable bonds is 14. The number of benzene rings is 3. The zero-order valence-electron chi connectivity index (χ0n) is 33.2.